The van der Waals surface area contributed by atoms with E-state index in [9.17, 15) is 19.7 Å². The molecule has 0 aliphatic heterocycles. The first kappa shape index (κ1) is 17.3. The number of non-ortho nitro benzene ring substituents is 1. The molecule has 0 fully saturated rings. The zero-order valence-corrected chi connectivity index (χ0v) is 13.5. The summed E-state index contributed by atoms with van der Waals surface area (Å²) in [7, 11) is 0. The highest BCUT2D eigenvalue weighted by Gasteiger charge is 2.15. The molecular weight excluding hydrogens is 391 g/mol. The minimum absolute atomic E-state index is 0.139. The van der Waals surface area contributed by atoms with Crippen molar-refractivity contribution in [2.45, 2.75) is 19.8 Å². The number of nitrogens with one attached hydrogen (secondary N) is 1. The van der Waals surface area contributed by atoms with Crippen LogP contribution in [0.3, 0.4) is 0 Å². The molecule has 1 aromatic carbocycles. The fraction of sp³-hybridized carbons (Fsp3) is 0.385. The molecule has 0 spiro atoms. The number of carbonyl (C=O) groups is 2. The van der Waals surface area contributed by atoms with Gasteiger partial charge in [-0.05, 0) is 41.5 Å². The Hall–Kier alpha value is -1.71. The molecule has 8 heteroatoms. The molecule has 2 N–H and O–H groups in total. The maximum absolute atomic E-state index is 12.0. The third-order valence-electron chi connectivity index (χ3n) is 2.93. The summed E-state index contributed by atoms with van der Waals surface area (Å²) in [5.74, 6) is -1.72. The molecule has 114 valence electrons. The van der Waals surface area contributed by atoms with Crippen LogP contribution in [0.4, 0.5) is 5.69 Å². The Bertz CT molecular complexity index is 561. The number of benzene rings is 1. The number of nitro benzene ring substituents is 1. The maximum Gasteiger partial charge on any atom is 0.306 e. The average Bonchev–Trinajstić information content (AvgIpc) is 2.43. The number of nitro groups is 1. The standard InChI is InChI=1S/C13H15IN2O5/c1-8(13(18)19)3-2-6-15-12(17)10-7-9(16(20)21)4-5-11(10)14/h4-5,7-8H,2-3,6H2,1H3,(H,15,17)(H,18,19). The first-order valence-electron chi connectivity index (χ1n) is 6.28. The number of halogens is 1. The van der Waals surface area contributed by atoms with Gasteiger partial charge < -0.3 is 10.4 Å². The third-order valence-corrected chi connectivity index (χ3v) is 3.87. The van der Waals surface area contributed by atoms with E-state index in [2.05, 4.69) is 5.32 Å². The molecular formula is C13H15IN2O5. The summed E-state index contributed by atoms with van der Waals surface area (Å²) in [5.41, 5.74) is 0.108. The van der Waals surface area contributed by atoms with E-state index in [-0.39, 0.29) is 11.3 Å². The predicted molar refractivity (Wildman–Crippen MR) is 84.2 cm³/mol. The normalized spacial score (nSPS) is 11.7. The highest BCUT2D eigenvalue weighted by molar-refractivity contribution is 14.1. The second-order valence-corrected chi connectivity index (χ2v) is 5.72. The molecule has 1 unspecified atom stereocenters. The monoisotopic (exact) mass is 406 g/mol. The van der Waals surface area contributed by atoms with Crippen molar-refractivity contribution in [1.29, 1.82) is 0 Å². The van der Waals surface area contributed by atoms with Gasteiger partial charge in [0.1, 0.15) is 0 Å². The van der Waals surface area contributed by atoms with Crippen LogP contribution in [-0.2, 0) is 4.79 Å². The Morgan fingerprint density at radius 3 is 2.71 bits per heavy atom. The molecule has 0 aliphatic carbocycles. The zero-order valence-electron chi connectivity index (χ0n) is 11.3. The first-order chi connectivity index (χ1) is 9.82. The van der Waals surface area contributed by atoms with E-state index in [1.54, 1.807) is 6.92 Å². The van der Waals surface area contributed by atoms with E-state index in [1.165, 1.54) is 18.2 Å². The lowest BCUT2D eigenvalue weighted by Crippen LogP contribution is -2.26. The number of amides is 1. The van der Waals surface area contributed by atoms with Gasteiger partial charge in [0.25, 0.3) is 11.6 Å². The summed E-state index contributed by atoms with van der Waals surface area (Å²) in [6.45, 7) is 1.93. The number of rotatable bonds is 7. The summed E-state index contributed by atoms with van der Waals surface area (Å²) < 4.78 is 0.620. The van der Waals surface area contributed by atoms with E-state index < -0.39 is 22.7 Å². The molecule has 1 amide bonds. The van der Waals surface area contributed by atoms with Gasteiger partial charge in [0.05, 0.1) is 16.4 Å². The van der Waals surface area contributed by atoms with E-state index in [4.69, 9.17) is 5.11 Å². The van der Waals surface area contributed by atoms with Gasteiger partial charge in [-0.2, -0.15) is 0 Å². The molecule has 0 bridgehead atoms. The number of nitrogens with zero attached hydrogens (tertiary/aromatic N) is 1. The van der Waals surface area contributed by atoms with Crippen molar-refractivity contribution in [1.82, 2.24) is 5.32 Å². The second-order valence-electron chi connectivity index (χ2n) is 4.56. The molecule has 0 aliphatic rings. The lowest BCUT2D eigenvalue weighted by molar-refractivity contribution is -0.384. The van der Waals surface area contributed by atoms with Crippen molar-refractivity contribution in [2.24, 2.45) is 5.92 Å². The van der Waals surface area contributed by atoms with Crippen LogP contribution in [-0.4, -0.2) is 28.5 Å². The van der Waals surface area contributed by atoms with Gasteiger partial charge >= 0.3 is 5.97 Å². The molecule has 7 nitrogen and oxygen atoms in total. The first-order valence-corrected chi connectivity index (χ1v) is 7.35. The summed E-state index contributed by atoms with van der Waals surface area (Å²) in [5, 5.41) is 22.1. The summed E-state index contributed by atoms with van der Waals surface area (Å²) >= 11 is 1.93. The summed E-state index contributed by atoms with van der Waals surface area (Å²) in [6, 6.07) is 4.09. The number of hydrogen-bond acceptors (Lipinski definition) is 4. The fourth-order valence-electron chi connectivity index (χ4n) is 1.63. The van der Waals surface area contributed by atoms with Crippen molar-refractivity contribution in [2.75, 3.05) is 6.54 Å². The molecule has 0 heterocycles. The van der Waals surface area contributed by atoms with Crippen LogP contribution in [0.1, 0.15) is 30.1 Å². The predicted octanol–water partition coefficient (Wildman–Crippen LogP) is 2.43. The molecule has 21 heavy (non-hydrogen) atoms. The van der Waals surface area contributed by atoms with Gasteiger partial charge in [-0.1, -0.05) is 6.92 Å². The van der Waals surface area contributed by atoms with Crippen LogP contribution in [0.5, 0.6) is 0 Å². The van der Waals surface area contributed by atoms with Crippen molar-refractivity contribution >= 4 is 40.2 Å². The molecule has 1 aromatic rings. The Kier molecular flexibility index (Phi) is 6.53. The van der Waals surface area contributed by atoms with Crippen LogP contribution in [0, 0.1) is 19.6 Å². The van der Waals surface area contributed by atoms with Crippen LogP contribution < -0.4 is 5.32 Å². The van der Waals surface area contributed by atoms with Crippen LogP contribution in [0.2, 0.25) is 0 Å². The van der Waals surface area contributed by atoms with Crippen LogP contribution in [0.15, 0.2) is 18.2 Å². The zero-order chi connectivity index (χ0) is 16.0. The van der Waals surface area contributed by atoms with Crippen molar-refractivity contribution < 1.29 is 19.6 Å². The summed E-state index contributed by atoms with van der Waals surface area (Å²) in [4.78, 5) is 32.8. The number of hydrogen-bond donors (Lipinski definition) is 2. The number of carboxylic acids is 1. The van der Waals surface area contributed by atoms with E-state index in [0.29, 0.717) is 23.0 Å². The molecule has 0 radical (unpaired) electrons. The fourth-order valence-corrected chi connectivity index (χ4v) is 2.21. The van der Waals surface area contributed by atoms with Crippen LogP contribution >= 0.6 is 22.6 Å². The van der Waals surface area contributed by atoms with Crippen molar-refractivity contribution in [3.63, 3.8) is 0 Å². The van der Waals surface area contributed by atoms with Crippen LogP contribution in [0.25, 0.3) is 0 Å². The Morgan fingerprint density at radius 1 is 1.48 bits per heavy atom. The van der Waals surface area contributed by atoms with E-state index in [1.807, 2.05) is 22.6 Å². The van der Waals surface area contributed by atoms with Gasteiger partial charge in [-0.3, -0.25) is 19.7 Å². The molecule has 0 saturated carbocycles. The number of carboxylic acid groups (broad SMARTS) is 1. The second kappa shape index (κ2) is 7.91. The van der Waals surface area contributed by atoms with Gasteiger partial charge in [0.15, 0.2) is 0 Å². The SMILES string of the molecule is CC(CCCNC(=O)c1cc([N+](=O)[O-])ccc1I)C(=O)O. The minimum Gasteiger partial charge on any atom is -0.481 e. The minimum atomic E-state index is -0.866. The average molecular weight is 406 g/mol. The number of carbonyl (C=O) groups excluding carboxylic acids is 1. The Balaban J connectivity index is 2.58. The maximum atomic E-state index is 12.0. The lowest BCUT2D eigenvalue weighted by Gasteiger charge is -2.08. The quantitative estimate of drug-likeness (QED) is 0.313. The Morgan fingerprint density at radius 2 is 2.14 bits per heavy atom. The smallest absolute Gasteiger partial charge is 0.306 e. The van der Waals surface area contributed by atoms with Gasteiger partial charge in [0.2, 0.25) is 0 Å². The van der Waals surface area contributed by atoms with Crippen molar-refractivity contribution in [3.05, 3.63) is 37.4 Å². The number of aliphatic carboxylic acids is 1. The third kappa shape index (κ3) is 5.29. The molecule has 1 atom stereocenters. The van der Waals surface area contributed by atoms with Gasteiger partial charge in [0, 0.05) is 22.2 Å². The molecule has 0 saturated heterocycles. The molecule has 0 aromatic heterocycles. The van der Waals surface area contributed by atoms with E-state index >= 15 is 0 Å². The van der Waals surface area contributed by atoms with E-state index in [0.717, 1.165) is 0 Å². The highest BCUT2D eigenvalue weighted by atomic mass is 127. The topological polar surface area (TPSA) is 110 Å². The lowest BCUT2D eigenvalue weighted by atomic mass is 10.1. The largest absolute Gasteiger partial charge is 0.481 e. The highest BCUT2D eigenvalue weighted by Crippen LogP contribution is 2.19. The Labute approximate surface area is 135 Å². The molecule has 1 rings (SSSR count). The van der Waals surface area contributed by atoms with Gasteiger partial charge in [-0.15, -0.1) is 0 Å². The van der Waals surface area contributed by atoms with Crippen molar-refractivity contribution in [3.8, 4) is 0 Å². The van der Waals surface area contributed by atoms with Gasteiger partial charge in [-0.25, -0.2) is 0 Å². The summed E-state index contributed by atoms with van der Waals surface area (Å²) in [6.07, 6.45) is 0.992.